The van der Waals surface area contributed by atoms with Crippen LogP contribution in [-0.2, 0) is 27.0 Å². The number of carbonyl (C=O) groups is 1. The molecule has 0 aliphatic rings. The van der Waals surface area contributed by atoms with Gasteiger partial charge in [0.15, 0.2) is 0 Å². The highest BCUT2D eigenvalue weighted by atomic mass is 32.2. The second-order valence-corrected chi connectivity index (χ2v) is 7.35. The molecule has 2 aromatic rings. The number of esters is 1. The van der Waals surface area contributed by atoms with E-state index in [1.54, 1.807) is 36.4 Å². The second kappa shape index (κ2) is 8.08. The van der Waals surface area contributed by atoms with Crippen LogP contribution in [0.25, 0.3) is 0 Å². The van der Waals surface area contributed by atoms with E-state index in [4.69, 9.17) is 4.74 Å². The Morgan fingerprint density at radius 1 is 1.08 bits per heavy atom. The van der Waals surface area contributed by atoms with Gasteiger partial charge in [-0.3, -0.25) is 4.79 Å². The third kappa shape index (κ3) is 5.79. The van der Waals surface area contributed by atoms with E-state index in [1.165, 1.54) is 0 Å². The Labute approximate surface area is 142 Å². The number of rotatable bonds is 7. The zero-order valence-electron chi connectivity index (χ0n) is 13.8. The SMILES string of the molecule is CCc1cccc(OC(=O)CNS(=O)(=O)Cc2cccc(C)c2)c1. The van der Waals surface area contributed by atoms with Crippen molar-refractivity contribution in [2.45, 2.75) is 26.0 Å². The monoisotopic (exact) mass is 347 g/mol. The highest BCUT2D eigenvalue weighted by molar-refractivity contribution is 7.88. The number of aryl methyl sites for hydroxylation is 2. The molecule has 0 spiro atoms. The Morgan fingerprint density at radius 2 is 1.79 bits per heavy atom. The molecule has 0 saturated heterocycles. The minimum Gasteiger partial charge on any atom is -0.426 e. The Morgan fingerprint density at radius 3 is 2.50 bits per heavy atom. The third-order valence-electron chi connectivity index (χ3n) is 3.41. The van der Waals surface area contributed by atoms with Crippen LogP contribution in [0.4, 0.5) is 0 Å². The predicted octanol–water partition coefficient (Wildman–Crippen LogP) is 2.58. The predicted molar refractivity (Wildman–Crippen MR) is 93.3 cm³/mol. The van der Waals surface area contributed by atoms with E-state index in [9.17, 15) is 13.2 Å². The molecule has 0 bridgehead atoms. The van der Waals surface area contributed by atoms with Crippen molar-refractivity contribution in [1.29, 1.82) is 0 Å². The van der Waals surface area contributed by atoms with Crippen molar-refractivity contribution in [3.05, 3.63) is 65.2 Å². The molecule has 0 aromatic heterocycles. The van der Waals surface area contributed by atoms with Crippen LogP contribution in [0.3, 0.4) is 0 Å². The van der Waals surface area contributed by atoms with Gasteiger partial charge < -0.3 is 4.74 Å². The van der Waals surface area contributed by atoms with Crippen molar-refractivity contribution >= 4 is 16.0 Å². The average Bonchev–Trinajstić information content (AvgIpc) is 2.53. The average molecular weight is 347 g/mol. The molecule has 0 saturated carbocycles. The number of hydrogen-bond donors (Lipinski definition) is 1. The maximum atomic E-state index is 12.0. The number of nitrogens with one attached hydrogen (secondary N) is 1. The largest absolute Gasteiger partial charge is 0.426 e. The number of benzene rings is 2. The van der Waals surface area contributed by atoms with Gasteiger partial charge in [0, 0.05) is 0 Å². The Hall–Kier alpha value is -2.18. The molecule has 0 heterocycles. The highest BCUT2D eigenvalue weighted by Crippen LogP contribution is 2.14. The molecule has 1 N–H and O–H groups in total. The van der Waals surface area contributed by atoms with E-state index < -0.39 is 22.5 Å². The first-order valence-electron chi connectivity index (χ1n) is 7.70. The van der Waals surface area contributed by atoms with Crippen LogP contribution in [0.2, 0.25) is 0 Å². The number of sulfonamides is 1. The summed E-state index contributed by atoms with van der Waals surface area (Å²) in [7, 11) is -3.60. The van der Waals surface area contributed by atoms with Crippen molar-refractivity contribution in [3.8, 4) is 5.75 Å². The second-order valence-electron chi connectivity index (χ2n) is 5.54. The van der Waals surface area contributed by atoms with Gasteiger partial charge >= 0.3 is 5.97 Å². The lowest BCUT2D eigenvalue weighted by Gasteiger charge is -2.08. The molecule has 0 amide bonds. The summed E-state index contributed by atoms with van der Waals surface area (Å²) in [4.78, 5) is 11.8. The van der Waals surface area contributed by atoms with Crippen molar-refractivity contribution in [2.75, 3.05) is 6.54 Å². The summed E-state index contributed by atoms with van der Waals surface area (Å²) < 4.78 is 31.5. The van der Waals surface area contributed by atoms with Gasteiger partial charge in [-0.15, -0.1) is 0 Å². The van der Waals surface area contributed by atoms with E-state index in [-0.39, 0.29) is 5.75 Å². The van der Waals surface area contributed by atoms with Crippen LogP contribution in [0.1, 0.15) is 23.6 Å². The van der Waals surface area contributed by atoms with Crippen LogP contribution in [0.5, 0.6) is 5.75 Å². The number of hydrogen-bond acceptors (Lipinski definition) is 4. The highest BCUT2D eigenvalue weighted by Gasteiger charge is 2.14. The summed E-state index contributed by atoms with van der Waals surface area (Å²) in [6.07, 6.45) is 0.828. The lowest BCUT2D eigenvalue weighted by Crippen LogP contribution is -2.32. The van der Waals surface area contributed by atoms with Gasteiger partial charge in [0.05, 0.1) is 5.75 Å². The van der Waals surface area contributed by atoms with Gasteiger partial charge in [-0.2, -0.15) is 0 Å². The first-order chi connectivity index (χ1) is 11.4. The molecule has 0 radical (unpaired) electrons. The minimum atomic E-state index is -3.60. The zero-order valence-corrected chi connectivity index (χ0v) is 14.6. The Bertz CT molecular complexity index is 815. The summed E-state index contributed by atoms with van der Waals surface area (Å²) in [5.74, 6) is -0.402. The summed E-state index contributed by atoms with van der Waals surface area (Å²) in [5.41, 5.74) is 2.70. The minimum absolute atomic E-state index is 0.173. The molecule has 24 heavy (non-hydrogen) atoms. The molecule has 6 heteroatoms. The van der Waals surface area contributed by atoms with Crippen LogP contribution in [0, 0.1) is 6.92 Å². The maximum Gasteiger partial charge on any atom is 0.326 e. The number of carbonyl (C=O) groups excluding carboxylic acids is 1. The number of ether oxygens (including phenoxy) is 1. The van der Waals surface area contributed by atoms with Gasteiger partial charge in [-0.25, -0.2) is 13.1 Å². The molecular weight excluding hydrogens is 326 g/mol. The van der Waals surface area contributed by atoms with Crippen molar-refractivity contribution in [1.82, 2.24) is 4.72 Å². The van der Waals surface area contributed by atoms with Crippen LogP contribution >= 0.6 is 0 Å². The summed E-state index contributed by atoms with van der Waals surface area (Å²) in [6.45, 7) is 3.50. The van der Waals surface area contributed by atoms with Crippen LogP contribution < -0.4 is 9.46 Å². The maximum absolute atomic E-state index is 12.0. The normalized spacial score (nSPS) is 11.2. The summed E-state index contributed by atoms with van der Waals surface area (Å²) in [6, 6.07) is 14.4. The summed E-state index contributed by atoms with van der Waals surface area (Å²) in [5, 5.41) is 0. The molecule has 0 unspecified atom stereocenters. The van der Waals surface area contributed by atoms with Crippen LogP contribution in [-0.4, -0.2) is 20.9 Å². The zero-order chi connectivity index (χ0) is 17.6. The quantitative estimate of drug-likeness (QED) is 0.617. The van der Waals surface area contributed by atoms with E-state index in [2.05, 4.69) is 4.72 Å². The van der Waals surface area contributed by atoms with Gasteiger partial charge in [-0.05, 0) is 36.6 Å². The molecular formula is C18H21NO4S. The first-order valence-corrected chi connectivity index (χ1v) is 9.35. The van der Waals surface area contributed by atoms with E-state index in [0.29, 0.717) is 11.3 Å². The Balaban J connectivity index is 1.90. The molecule has 0 fully saturated rings. The lowest BCUT2D eigenvalue weighted by atomic mass is 10.2. The van der Waals surface area contributed by atoms with Gasteiger partial charge in [-0.1, -0.05) is 48.9 Å². The summed E-state index contributed by atoms with van der Waals surface area (Å²) >= 11 is 0. The van der Waals surface area contributed by atoms with Crippen molar-refractivity contribution < 1.29 is 17.9 Å². The van der Waals surface area contributed by atoms with Crippen molar-refractivity contribution in [3.63, 3.8) is 0 Å². The van der Waals surface area contributed by atoms with Gasteiger partial charge in [0.1, 0.15) is 12.3 Å². The fourth-order valence-corrected chi connectivity index (χ4v) is 3.30. The molecule has 5 nitrogen and oxygen atoms in total. The van der Waals surface area contributed by atoms with Crippen molar-refractivity contribution in [2.24, 2.45) is 0 Å². The smallest absolute Gasteiger partial charge is 0.326 e. The molecule has 128 valence electrons. The fraction of sp³-hybridized carbons (Fsp3) is 0.278. The third-order valence-corrected chi connectivity index (χ3v) is 4.71. The fourth-order valence-electron chi connectivity index (χ4n) is 2.24. The standard InChI is InChI=1S/C18H21NO4S/c1-3-15-7-5-9-17(11-15)23-18(20)12-19-24(21,22)13-16-8-4-6-14(2)10-16/h4-11,19H,3,12-13H2,1-2H3. The van der Waals surface area contributed by atoms with Crippen LogP contribution in [0.15, 0.2) is 48.5 Å². The van der Waals surface area contributed by atoms with E-state index >= 15 is 0 Å². The molecule has 0 atom stereocenters. The van der Waals surface area contributed by atoms with Gasteiger partial charge in [0.25, 0.3) is 0 Å². The topological polar surface area (TPSA) is 72.5 Å². The lowest BCUT2D eigenvalue weighted by molar-refractivity contribution is -0.133. The molecule has 2 rings (SSSR count). The van der Waals surface area contributed by atoms with E-state index in [1.807, 2.05) is 26.0 Å². The first kappa shape index (κ1) is 18.2. The molecule has 2 aromatic carbocycles. The molecule has 0 aliphatic carbocycles. The molecule has 0 aliphatic heterocycles. The van der Waals surface area contributed by atoms with E-state index in [0.717, 1.165) is 17.5 Å². The Kier molecular flexibility index (Phi) is 6.11. The van der Waals surface area contributed by atoms with Gasteiger partial charge in [0.2, 0.25) is 10.0 Å².